The van der Waals surface area contributed by atoms with Gasteiger partial charge in [0.2, 0.25) is 5.91 Å². The third-order valence-electron chi connectivity index (χ3n) is 1.45. The molecule has 13 heavy (non-hydrogen) atoms. The summed E-state index contributed by atoms with van der Waals surface area (Å²) in [5, 5.41) is 2.29. The third-order valence-corrected chi connectivity index (χ3v) is 1.45. The number of carbonyl (C=O) groups is 1. The minimum atomic E-state index is -0.568. The zero-order valence-electron chi connectivity index (χ0n) is 6.88. The molecule has 4 radical (unpaired) electrons. The van der Waals surface area contributed by atoms with E-state index < -0.39 is 11.7 Å². The largest absolute Gasteiger partial charge is 0.324 e. The Kier molecular flexibility index (Phi) is 3.12. The van der Waals surface area contributed by atoms with E-state index in [-0.39, 0.29) is 12.0 Å². The van der Waals surface area contributed by atoms with Crippen LogP contribution in [0.15, 0.2) is 18.2 Å². The third kappa shape index (κ3) is 2.61. The van der Waals surface area contributed by atoms with Crippen molar-refractivity contribution in [2.45, 2.75) is 6.32 Å². The van der Waals surface area contributed by atoms with Crippen molar-refractivity contribution in [3.63, 3.8) is 0 Å². The molecule has 0 fully saturated rings. The van der Waals surface area contributed by atoms with E-state index in [1.54, 1.807) is 0 Å². The summed E-state index contributed by atoms with van der Waals surface area (Å²) in [6.45, 7) is 0. The molecule has 2 nitrogen and oxygen atoms in total. The molecule has 0 unspecified atom stereocenters. The van der Waals surface area contributed by atoms with Crippen LogP contribution in [0.3, 0.4) is 0 Å². The number of benzene rings is 1. The Bertz CT molecular complexity index is 330. The fourth-order valence-electron chi connectivity index (χ4n) is 0.834. The van der Waals surface area contributed by atoms with Crippen molar-refractivity contribution in [3.8, 4) is 0 Å². The van der Waals surface area contributed by atoms with E-state index in [0.717, 1.165) is 6.07 Å². The SMILES string of the molecule is [B]CC(=O)Nc1ccc([B])cc1F. The van der Waals surface area contributed by atoms with Crippen molar-refractivity contribution < 1.29 is 9.18 Å². The van der Waals surface area contributed by atoms with Crippen molar-refractivity contribution in [2.24, 2.45) is 0 Å². The first-order valence-electron chi connectivity index (χ1n) is 3.68. The number of nitrogens with one attached hydrogen (secondary N) is 1. The fraction of sp³-hybridized carbons (Fsp3) is 0.125. The summed E-state index contributed by atoms with van der Waals surface area (Å²) in [5.74, 6) is -1.01. The summed E-state index contributed by atoms with van der Waals surface area (Å²) in [7, 11) is 10.4. The van der Waals surface area contributed by atoms with Crippen LogP contribution in [0, 0.1) is 5.82 Å². The highest BCUT2D eigenvalue weighted by molar-refractivity contribution is 6.32. The van der Waals surface area contributed by atoms with Crippen LogP contribution < -0.4 is 10.8 Å². The van der Waals surface area contributed by atoms with Crippen LogP contribution in [0.2, 0.25) is 6.32 Å². The van der Waals surface area contributed by atoms with E-state index >= 15 is 0 Å². The molecule has 0 spiro atoms. The van der Waals surface area contributed by atoms with Gasteiger partial charge in [0.1, 0.15) is 13.7 Å². The van der Waals surface area contributed by atoms with Crippen molar-refractivity contribution in [1.82, 2.24) is 0 Å². The lowest BCUT2D eigenvalue weighted by Gasteiger charge is -2.05. The highest BCUT2D eigenvalue weighted by atomic mass is 19.1. The van der Waals surface area contributed by atoms with Crippen LogP contribution in [0.1, 0.15) is 0 Å². The molecule has 0 saturated heterocycles. The number of rotatable bonds is 2. The predicted octanol–water partition coefficient (Wildman–Crippen LogP) is 0.145. The monoisotopic (exact) mass is 173 g/mol. The number of hydrogen-bond donors (Lipinski definition) is 1. The highest BCUT2D eigenvalue weighted by Gasteiger charge is 2.03. The van der Waals surface area contributed by atoms with E-state index in [0.29, 0.717) is 5.46 Å². The molecular weight excluding hydrogens is 167 g/mol. The number of amides is 1. The van der Waals surface area contributed by atoms with Gasteiger partial charge in [0.05, 0.1) is 13.5 Å². The normalized spacial score (nSPS) is 9.62. The second kappa shape index (κ2) is 4.12. The quantitative estimate of drug-likeness (QED) is 0.633. The Balaban J connectivity index is 2.83. The number of carbonyl (C=O) groups excluding carboxylic acids is 1. The summed E-state index contributed by atoms with van der Waals surface area (Å²) < 4.78 is 13.0. The van der Waals surface area contributed by atoms with Crippen LogP contribution in [0.25, 0.3) is 0 Å². The molecule has 0 heterocycles. The van der Waals surface area contributed by atoms with Crippen LogP contribution in [-0.4, -0.2) is 21.6 Å². The van der Waals surface area contributed by atoms with Gasteiger partial charge in [-0.05, 0) is 18.5 Å². The molecule has 1 amide bonds. The summed E-state index contributed by atoms with van der Waals surface area (Å²) in [5.41, 5.74) is 0.396. The molecule has 62 valence electrons. The topological polar surface area (TPSA) is 29.1 Å². The maximum Gasteiger partial charge on any atom is 0.215 e. The summed E-state index contributed by atoms with van der Waals surface area (Å²) in [6, 6.07) is 4.01. The van der Waals surface area contributed by atoms with Crippen LogP contribution >= 0.6 is 0 Å². The molecule has 1 aromatic carbocycles. The Morgan fingerprint density at radius 2 is 2.23 bits per heavy atom. The van der Waals surface area contributed by atoms with Crippen molar-refractivity contribution in [3.05, 3.63) is 24.0 Å². The van der Waals surface area contributed by atoms with Gasteiger partial charge >= 0.3 is 0 Å². The van der Waals surface area contributed by atoms with Gasteiger partial charge in [-0.1, -0.05) is 11.5 Å². The summed E-state index contributed by atoms with van der Waals surface area (Å²) >= 11 is 0. The van der Waals surface area contributed by atoms with E-state index in [2.05, 4.69) is 5.32 Å². The van der Waals surface area contributed by atoms with Crippen molar-refractivity contribution in [2.75, 3.05) is 5.32 Å². The van der Waals surface area contributed by atoms with Crippen LogP contribution in [0.5, 0.6) is 0 Å². The lowest BCUT2D eigenvalue weighted by atomic mass is 9.96. The zero-order valence-corrected chi connectivity index (χ0v) is 6.88. The number of halogens is 1. The second-order valence-electron chi connectivity index (χ2n) is 2.49. The molecule has 1 N–H and O–H groups in total. The molecule has 1 rings (SSSR count). The average Bonchev–Trinajstić information content (AvgIpc) is 2.09. The van der Waals surface area contributed by atoms with E-state index in [1.165, 1.54) is 12.1 Å². The molecule has 0 saturated carbocycles. The van der Waals surface area contributed by atoms with Crippen molar-refractivity contribution in [1.29, 1.82) is 0 Å². The Morgan fingerprint density at radius 3 is 2.77 bits per heavy atom. The van der Waals surface area contributed by atoms with Crippen molar-refractivity contribution >= 4 is 32.7 Å². The molecule has 0 aliphatic carbocycles. The van der Waals surface area contributed by atoms with Crippen LogP contribution in [0.4, 0.5) is 10.1 Å². The molecule has 0 bridgehead atoms. The van der Waals surface area contributed by atoms with Gasteiger partial charge in [0.25, 0.3) is 0 Å². The summed E-state index contributed by atoms with van der Waals surface area (Å²) in [6.07, 6.45) is -0.177. The van der Waals surface area contributed by atoms with Gasteiger partial charge in [-0.15, -0.1) is 0 Å². The minimum absolute atomic E-state index is 0.0876. The average molecular weight is 173 g/mol. The van der Waals surface area contributed by atoms with E-state index in [4.69, 9.17) is 15.7 Å². The van der Waals surface area contributed by atoms with Gasteiger partial charge in [0.15, 0.2) is 0 Å². The lowest BCUT2D eigenvalue weighted by molar-refractivity contribution is -0.114. The Morgan fingerprint density at radius 1 is 1.54 bits per heavy atom. The number of hydrogen-bond acceptors (Lipinski definition) is 1. The van der Waals surface area contributed by atoms with E-state index in [9.17, 15) is 9.18 Å². The van der Waals surface area contributed by atoms with Gasteiger partial charge in [-0.25, -0.2) is 4.39 Å². The predicted molar refractivity (Wildman–Crippen MR) is 51.0 cm³/mol. The van der Waals surface area contributed by atoms with Gasteiger partial charge in [-0.2, -0.15) is 0 Å². The van der Waals surface area contributed by atoms with Gasteiger partial charge < -0.3 is 5.32 Å². The smallest absolute Gasteiger partial charge is 0.215 e. The first-order valence-corrected chi connectivity index (χ1v) is 3.68. The van der Waals surface area contributed by atoms with Gasteiger partial charge in [0, 0.05) is 0 Å². The standard InChI is InChI=1S/C8H6B2FNO/c9-4-8(13)12-7-2-1-5(10)3-6(7)11/h1-3H,4H2,(H,12,13). The molecule has 5 heteroatoms. The first-order chi connectivity index (χ1) is 6.13. The fourth-order valence-corrected chi connectivity index (χ4v) is 0.834. The number of anilines is 1. The molecule has 0 atom stereocenters. The lowest BCUT2D eigenvalue weighted by Crippen LogP contribution is -2.13. The maximum absolute atomic E-state index is 13.0. The maximum atomic E-state index is 13.0. The molecule has 0 aromatic heterocycles. The molecule has 1 aromatic rings. The molecular formula is C8H6B2FNO. The molecule has 0 aliphatic heterocycles. The van der Waals surface area contributed by atoms with Crippen LogP contribution in [-0.2, 0) is 4.79 Å². The van der Waals surface area contributed by atoms with E-state index in [1.807, 2.05) is 0 Å². The Hall–Kier alpha value is -1.25. The van der Waals surface area contributed by atoms with Gasteiger partial charge in [-0.3, -0.25) is 4.79 Å². The molecule has 0 aliphatic rings. The second-order valence-corrected chi connectivity index (χ2v) is 2.49. The zero-order chi connectivity index (χ0) is 9.84. The first kappa shape index (κ1) is 9.83. The highest BCUT2D eigenvalue weighted by Crippen LogP contribution is 2.10. The Labute approximate surface area is 78.3 Å². The summed E-state index contributed by atoms with van der Waals surface area (Å²) in [4.78, 5) is 10.8. The minimum Gasteiger partial charge on any atom is -0.324 e.